The first-order valence-electron chi connectivity index (χ1n) is 8.21. The van der Waals surface area contributed by atoms with Crippen molar-refractivity contribution in [3.8, 4) is 11.8 Å². The van der Waals surface area contributed by atoms with E-state index in [9.17, 15) is 9.59 Å². The molecule has 6 nitrogen and oxygen atoms in total. The third-order valence-corrected chi connectivity index (χ3v) is 4.09. The lowest BCUT2D eigenvalue weighted by Gasteiger charge is -2.15. The van der Waals surface area contributed by atoms with Gasteiger partial charge in [-0.2, -0.15) is 5.26 Å². The summed E-state index contributed by atoms with van der Waals surface area (Å²) in [6.45, 7) is 4.92. The second-order valence-corrected chi connectivity index (χ2v) is 6.34. The number of hydrogen-bond acceptors (Lipinski definition) is 5. The molecule has 2 aromatic rings. The predicted molar refractivity (Wildman–Crippen MR) is 102 cm³/mol. The Kier molecular flexibility index (Phi) is 6.80. The van der Waals surface area contributed by atoms with Gasteiger partial charge in [0.05, 0.1) is 10.6 Å². The van der Waals surface area contributed by atoms with Crippen LogP contribution in [0.3, 0.4) is 0 Å². The Morgan fingerprint density at radius 3 is 2.48 bits per heavy atom. The smallest absolute Gasteiger partial charge is 0.344 e. The fourth-order valence-electron chi connectivity index (χ4n) is 2.37. The number of para-hydroxylation sites is 1. The van der Waals surface area contributed by atoms with Gasteiger partial charge in [0, 0.05) is 5.69 Å². The molecule has 0 aliphatic carbocycles. The van der Waals surface area contributed by atoms with Crippen molar-refractivity contribution in [3.05, 3.63) is 58.1 Å². The lowest BCUT2D eigenvalue weighted by Crippen LogP contribution is -2.31. The molecule has 7 heteroatoms. The van der Waals surface area contributed by atoms with Crippen LogP contribution >= 0.6 is 11.6 Å². The highest BCUT2D eigenvalue weighted by atomic mass is 35.5. The van der Waals surface area contributed by atoms with E-state index in [-0.39, 0.29) is 11.6 Å². The number of amides is 1. The van der Waals surface area contributed by atoms with Crippen LogP contribution in [0.1, 0.15) is 23.6 Å². The number of nitrogens with one attached hydrogen (secondary N) is 1. The third kappa shape index (κ3) is 5.47. The molecular weight excluding hydrogens is 368 g/mol. The van der Waals surface area contributed by atoms with Crippen LogP contribution in [0.5, 0.6) is 5.75 Å². The van der Waals surface area contributed by atoms with Gasteiger partial charge in [0.25, 0.3) is 5.91 Å². The van der Waals surface area contributed by atoms with Crippen LogP contribution in [0, 0.1) is 25.2 Å². The number of nitrogens with zero attached hydrogens (tertiary/aromatic N) is 1. The highest BCUT2D eigenvalue weighted by Gasteiger charge is 2.19. The summed E-state index contributed by atoms with van der Waals surface area (Å²) in [6, 6.07) is 12.1. The summed E-state index contributed by atoms with van der Waals surface area (Å²) in [5.74, 6) is -0.548. The van der Waals surface area contributed by atoms with Crippen molar-refractivity contribution in [2.75, 3.05) is 11.9 Å². The molecule has 2 aromatic carbocycles. The number of aryl methyl sites for hydroxylation is 2. The summed E-state index contributed by atoms with van der Waals surface area (Å²) in [4.78, 5) is 24.1. The average molecular weight is 387 g/mol. The van der Waals surface area contributed by atoms with E-state index in [0.29, 0.717) is 17.0 Å². The number of hydrogen-bond donors (Lipinski definition) is 1. The van der Waals surface area contributed by atoms with Gasteiger partial charge in [-0.05, 0) is 50.1 Å². The highest BCUT2D eigenvalue weighted by molar-refractivity contribution is 6.32. The molecule has 0 bridgehead atoms. The Morgan fingerprint density at radius 2 is 1.89 bits per heavy atom. The summed E-state index contributed by atoms with van der Waals surface area (Å²) in [7, 11) is 0. The normalized spacial score (nSPS) is 11.2. The fraction of sp³-hybridized carbons (Fsp3) is 0.250. The van der Waals surface area contributed by atoms with Crippen molar-refractivity contribution in [3.63, 3.8) is 0 Å². The van der Waals surface area contributed by atoms with E-state index in [0.717, 1.165) is 11.1 Å². The van der Waals surface area contributed by atoms with Crippen LogP contribution in [0.25, 0.3) is 0 Å². The maximum absolute atomic E-state index is 12.2. The largest absolute Gasteiger partial charge is 0.481 e. The zero-order valence-electron chi connectivity index (χ0n) is 15.2. The van der Waals surface area contributed by atoms with Crippen molar-refractivity contribution in [2.45, 2.75) is 26.9 Å². The third-order valence-electron chi connectivity index (χ3n) is 3.78. The average Bonchev–Trinajstić information content (AvgIpc) is 2.61. The Bertz CT molecular complexity index is 885. The number of anilines is 1. The fourth-order valence-corrected chi connectivity index (χ4v) is 2.59. The van der Waals surface area contributed by atoms with Crippen molar-refractivity contribution in [1.82, 2.24) is 0 Å². The van der Waals surface area contributed by atoms with Crippen LogP contribution in [0.2, 0.25) is 5.02 Å². The molecule has 0 saturated heterocycles. The van der Waals surface area contributed by atoms with Crippen LogP contribution in [0.4, 0.5) is 5.69 Å². The Morgan fingerprint density at radius 1 is 1.22 bits per heavy atom. The number of esters is 1. The molecule has 0 fully saturated rings. The number of ether oxygens (including phenoxy) is 2. The molecule has 0 heterocycles. The summed E-state index contributed by atoms with van der Waals surface area (Å²) in [5, 5.41) is 11.7. The minimum atomic E-state index is -1.02. The number of halogens is 1. The van der Waals surface area contributed by atoms with E-state index in [2.05, 4.69) is 5.32 Å². The van der Waals surface area contributed by atoms with E-state index in [1.165, 1.54) is 19.1 Å². The number of nitriles is 1. The second kappa shape index (κ2) is 9.06. The topological polar surface area (TPSA) is 88.4 Å². The minimum absolute atomic E-state index is 0.224. The molecule has 0 aliphatic rings. The summed E-state index contributed by atoms with van der Waals surface area (Å²) in [5.41, 5.74) is 2.52. The van der Waals surface area contributed by atoms with Crippen molar-refractivity contribution < 1.29 is 19.1 Å². The molecular formula is C20H19ClN2O4. The molecule has 0 aliphatic heterocycles. The second-order valence-electron chi connectivity index (χ2n) is 5.94. The van der Waals surface area contributed by atoms with Crippen LogP contribution < -0.4 is 10.1 Å². The molecule has 2 rings (SSSR count). The minimum Gasteiger partial charge on any atom is -0.481 e. The van der Waals surface area contributed by atoms with Gasteiger partial charge in [-0.25, -0.2) is 4.79 Å². The first kappa shape index (κ1) is 20.3. The van der Waals surface area contributed by atoms with Crippen molar-refractivity contribution >= 4 is 29.2 Å². The molecule has 0 radical (unpaired) electrons. The molecule has 0 spiro atoms. The lowest BCUT2D eigenvalue weighted by molar-refractivity contribution is -0.155. The summed E-state index contributed by atoms with van der Waals surface area (Å²) < 4.78 is 10.6. The van der Waals surface area contributed by atoms with E-state index in [1.54, 1.807) is 6.07 Å². The molecule has 1 amide bonds. The number of benzene rings is 2. The van der Waals surface area contributed by atoms with E-state index < -0.39 is 18.0 Å². The molecule has 1 atom stereocenters. The van der Waals surface area contributed by atoms with Crippen molar-refractivity contribution in [2.24, 2.45) is 0 Å². The Labute approximate surface area is 162 Å². The first-order valence-corrected chi connectivity index (χ1v) is 8.58. The van der Waals surface area contributed by atoms with Gasteiger partial charge in [-0.3, -0.25) is 4.79 Å². The quantitative estimate of drug-likeness (QED) is 0.763. The molecule has 27 heavy (non-hydrogen) atoms. The van der Waals surface area contributed by atoms with Gasteiger partial charge >= 0.3 is 5.97 Å². The SMILES string of the molecule is Cc1cccc(C)c1OCC(=O)OC(C)C(=O)Nc1ccc(C#N)c(Cl)c1. The molecule has 1 unspecified atom stereocenters. The highest BCUT2D eigenvalue weighted by Crippen LogP contribution is 2.22. The molecule has 0 saturated carbocycles. The first-order chi connectivity index (χ1) is 12.8. The van der Waals surface area contributed by atoms with Gasteiger partial charge in [-0.15, -0.1) is 0 Å². The monoisotopic (exact) mass is 386 g/mol. The maximum atomic E-state index is 12.2. The van der Waals surface area contributed by atoms with Gasteiger partial charge in [0.15, 0.2) is 12.7 Å². The molecule has 1 N–H and O–H groups in total. The Hall–Kier alpha value is -3.04. The molecule has 0 aromatic heterocycles. The zero-order valence-corrected chi connectivity index (χ0v) is 16.0. The van der Waals surface area contributed by atoms with Crippen LogP contribution in [-0.2, 0) is 14.3 Å². The zero-order chi connectivity index (χ0) is 20.0. The number of carbonyl (C=O) groups is 2. The Balaban J connectivity index is 1.89. The predicted octanol–water partition coefficient (Wildman–Crippen LogP) is 3.78. The summed E-state index contributed by atoms with van der Waals surface area (Å²) >= 11 is 5.93. The number of rotatable bonds is 6. The van der Waals surface area contributed by atoms with Crippen LogP contribution in [-0.4, -0.2) is 24.6 Å². The van der Waals surface area contributed by atoms with Gasteiger partial charge in [-0.1, -0.05) is 29.8 Å². The molecule has 140 valence electrons. The van der Waals surface area contributed by atoms with Gasteiger partial charge in [0.2, 0.25) is 0 Å². The van der Waals surface area contributed by atoms with Gasteiger partial charge < -0.3 is 14.8 Å². The lowest BCUT2D eigenvalue weighted by atomic mass is 10.1. The van der Waals surface area contributed by atoms with Gasteiger partial charge in [0.1, 0.15) is 11.8 Å². The maximum Gasteiger partial charge on any atom is 0.344 e. The van der Waals surface area contributed by atoms with E-state index in [1.807, 2.05) is 38.1 Å². The van der Waals surface area contributed by atoms with Crippen LogP contribution in [0.15, 0.2) is 36.4 Å². The summed E-state index contributed by atoms with van der Waals surface area (Å²) in [6.07, 6.45) is -1.02. The van der Waals surface area contributed by atoms with E-state index in [4.69, 9.17) is 26.3 Å². The standard InChI is InChI=1S/C20H19ClN2O4/c1-12-5-4-6-13(2)19(12)26-11-18(24)27-14(3)20(25)23-16-8-7-15(10-22)17(21)9-16/h4-9,14H,11H2,1-3H3,(H,23,25). The number of carbonyl (C=O) groups excluding carboxylic acids is 2. The van der Waals surface area contributed by atoms with Crippen molar-refractivity contribution in [1.29, 1.82) is 5.26 Å². The van der Waals surface area contributed by atoms with E-state index >= 15 is 0 Å².